The highest BCUT2D eigenvalue weighted by Gasteiger charge is 2.38. The summed E-state index contributed by atoms with van der Waals surface area (Å²) < 4.78 is 25.6. The van der Waals surface area contributed by atoms with Gasteiger partial charge in [0, 0.05) is 24.2 Å². The first kappa shape index (κ1) is 22.5. The molecule has 0 radical (unpaired) electrons. The van der Waals surface area contributed by atoms with Crippen molar-refractivity contribution in [1.82, 2.24) is 24.9 Å². The summed E-state index contributed by atoms with van der Waals surface area (Å²) in [5, 5.41) is 7.38. The van der Waals surface area contributed by atoms with Crippen LogP contribution in [-0.4, -0.2) is 71.2 Å². The number of imide groups is 1. The summed E-state index contributed by atoms with van der Waals surface area (Å²) in [4.78, 5) is 28.4. The minimum absolute atomic E-state index is 0.121. The van der Waals surface area contributed by atoms with Crippen LogP contribution in [0.15, 0.2) is 30.3 Å². The van der Waals surface area contributed by atoms with Crippen molar-refractivity contribution >= 4 is 21.8 Å². The van der Waals surface area contributed by atoms with Crippen molar-refractivity contribution in [3.05, 3.63) is 52.8 Å². The lowest BCUT2D eigenvalue weighted by Gasteiger charge is -2.22. The fourth-order valence-electron chi connectivity index (χ4n) is 4.51. The number of nitrogens with one attached hydrogen (secondary N) is 1. The van der Waals surface area contributed by atoms with E-state index >= 15 is 0 Å². The molecule has 2 aromatic rings. The number of hydrogen-bond donors (Lipinski definition) is 1. The second-order valence-electron chi connectivity index (χ2n) is 8.76. The fraction of sp³-hybridized carbons (Fsp3) is 0.500. The number of urea groups is 1. The Morgan fingerprint density at radius 2 is 1.91 bits per heavy atom. The van der Waals surface area contributed by atoms with E-state index in [1.54, 1.807) is 0 Å². The fourth-order valence-corrected chi connectivity index (χ4v) is 6.20. The molecule has 0 saturated carbocycles. The summed E-state index contributed by atoms with van der Waals surface area (Å²) in [7, 11) is -1.15. The first-order valence-corrected chi connectivity index (χ1v) is 12.6. The molecule has 0 spiro atoms. The zero-order valence-corrected chi connectivity index (χ0v) is 19.4. The Labute approximate surface area is 188 Å². The van der Waals surface area contributed by atoms with Crippen LogP contribution in [0.25, 0.3) is 0 Å². The van der Waals surface area contributed by atoms with E-state index < -0.39 is 15.9 Å². The highest BCUT2D eigenvalue weighted by molar-refractivity contribution is 7.91. The number of hydrogen-bond acceptors (Lipinski definition) is 6. The molecule has 10 heteroatoms. The molecule has 1 aromatic heterocycles. The number of carbonyl (C=O) groups is 2. The Morgan fingerprint density at radius 3 is 2.56 bits per heavy atom. The van der Waals surface area contributed by atoms with Crippen LogP contribution in [0.5, 0.6) is 0 Å². The molecule has 2 aliphatic rings. The van der Waals surface area contributed by atoms with E-state index in [2.05, 4.69) is 10.4 Å². The van der Waals surface area contributed by atoms with Crippen LogP contribution in [-0.2, 0) is 27.6 Å². The molecular formula is C22H29N5O4S. The van der Waals surface area contributed by atoms with Crippen molar-refractivity contribution in [3.63, 3.8) is 0 Å². The number of sulfone groups is 1. The monoisotopic (exact) mass is 459 g/mol. The summed E-state index contributed by atoms with van der Waals surface area (Å²) in [6, 6.07) is 8.53. The Balaban J connectivity index is 1.41. The molecule has 172 valence electrons. The maximum Gasteiger partial charge on any atom is 0.325 e. The predicted molar refractivity (Wildman–Crippen MR) is 120 cm³/mol. The molecule has 2 saturated heterocycles. The molecule has 1 aromatic carbocycles. The third kappa shape index (κ3) is 4.56. The van der Waals surface area contributed by atoms with Crippen LogP contribution >= 0.6 is 0 Å². The van der Waals surface area contributed by atoms with E-state index in [0.717, 1.165) is 22.5 Å². The second kappa shape index (κ2) is 8.67. The van der Waals surface area contributed by atoms with Gasteiger partial charge < -0.3 is 5.32 Å². The van der Waals surface area contributed by atoms with E-state index in [1.165, 1.54) is 4.90 Å². The van der Waals surface area contributed by atoms with Gasteiger partial charge in [0.2, 0.25) is 0 Å². The summed E-state index contributed by atoms with van der Waals surface area (Å²) in [5.41, 5.74) is 3.74. The Hall–Kier alpha value is -2.72. The van der Waals surface area contributed by atoms with Crippen LogP contribution in [0, 0.1) is 13.8 Å². The quantitative estimate of drug-likeness (QED) is 0.628. The molecule has 2 fully saturated rings. The van der Waals surface area contributed by atoms with E-state index in [0.29, 0.717) is 19.4 Å². The average Bonchev–Trinajstić information content (AvgIpc) is 3.33. The lowest BCUT2D eigenvalue weighted by Crippen LogP contribution is -2.40. The van der Waals surface area contributed by atoms with Gasteiger partial charge in [0.05, 0.1) is 29.9 Å². The van der Waals surface area contributed by atoms with Crippen LogP contribution < -0.4 is 5.32 Å². The normalized spacial score (nSPS) is 22.7. The zero-order valence-electron chi connectivity index (χ0n) is 18.6. The van der Waals surface area contributed by atoms with E-state index in [4.69, 9.17) is 0 Å². The average molecular weight is 460 g/mol. The SMILES string of the molecule is Cc1nn(C2CCS(=O)(=O)C2)c(C)c1CN(C)CN1C(=O)NC(Cc2ccccc2)C1=O. The van der Waals surface area contributed by atoms with Crippen molar-refractivity contribution in [2.45, 2.75) is 45.3 Å². The number of aryl methyl sites for hydroxylation is 1. The van der Waals surface area contributed by atoms with E-state index in [1.807, 2.05) is 60.8 Å². The topological polar surface area (TPSA) is 105 Å². The standard InChI is InChI=1S/C22H29N5O4S/c1-15-19(16(2)27(24-15)18-9-10-32(30,31)13-18)12-25(3)14-26-21(28)20(23-22(26)29)11-17-7-5-4-6-8-17/h4-8,18,20H,9-14H2,1-3H3,(H,23,29). The van der Waals surface area contributed by atoms with Crippen molar-refractivity contribution in [2.24, 2.45) is 0 Å². The number of benzene rings is 1. The highest BCUT2D eigenvalue weighted by Crippen LogP contribution is 2.27. The molecular weight excluding hydrogens is 430 g/mol. The van der Waals surface area contributed by atoms with Gasteiger partial charge in [0.1, 0.15) is 6.04 Å². The molecule has 2 atom stereocenters. The van der Waals surface area contributed by atoms with Crippen LogP contribution in [0.3, 0.4) is 0 Å². The van der Waals surface area contributed by atoms with Gasteiger partial charge in [-0.25, -0.2) is 18.1 Å². The lowest BCUT2D eigenvalue weighted by molar-refractivity contribution is -0.128. The van der Waals surface area contributed by atoms with Crippen molar-refractivity contribution in [3.8, 4) is 0 Å². The van der Waals surface area contributed by atoms with Gasteiger partial charge in [-0.05, 0) is 32.9 Å². The molecule has 2 unspecified atom stereocenters. The highest BCUT2D eigenvalue weighted by atomic mass is 32.2. The van der Waals surface area contributed by atoms with Crippen LogP contribution in [0.4, 0.5) is 4.79 Å². The van der Waals surface area contributed by atoms with Gasteiger partial charge in [0.15, 0.2) is 9.84 Å². The molecule has 9 nitrogen and oxygen atoms in total. The molecule has 32 heavy (non-hydrogen) atoms. The summed E-state index contributed by atoms with van der Waals surface area (Å²) in [6.45, 7) is 4.51. The summed E-state index contributed by atoms with van der Waals surface area (Å²) >= 11 is 0. The lowest BCUT2D eigenvalue weighted by atomic mass is 10.1. The Bertz CT molecular complexity index is 1130. The van der Waals surface area contributed by atoms with Crippen molar-refractivity contribution in [2.75, 3.05) is 25.2 Å². The zero-order chi connectivity index (χ0) is 23.0. The second-order valence-corrected chi connectivity index (χ2v) is 11.0. The van der Waals surface area contributed by atoms with Gasteiger partial charge in [0.25, 0.3) is 5.91 Å². The maximum atomic E-state index is 12.8. The van der Waals surface area contributed by atoms with Gasteiger partial charge in [-0.3, -0.25) is 14.4 Å². The predicted octanol–water partition coefficient (Wildman–Crippen LogP) is 1.41. The van der Waals surface area contributed by atoms with Crippen LogP contribution in [0.1, 0.15) is 35.0 Å². The molecule has 3 heterocycles. The first-order chi connectivity index (χ1) is 15.1. The minimum Gasteiger partial charge on any atom is -0.325 e. The molecule has 1 N–H and O–H groups in total. The van der Waals surface area contributed by atoms with Gasteiger partial charge >= 0.3 is 6.03 Å². The molecule has 0 aliphatic carbocycles. The van der Waals surface area contributed by atoms with Crippen LogP contribution in [0.2, 0.25) is 0 Å². The number of nitrogens with zero attached hydrogens (tertiary/aromatic N) is 4. The molecule has 2 aliphatic heterocycles. The van der Waals surface area contributed by atoms with Crippen molar-refractivity contribution in [1.29, 1.82) is 0 Å². The smallest absolute Gasteiger partial charge is 0.325 e. The first-order valence-electron chi connectivity index (χ1n) is 10.7. The van der Waals surface area contributed by atoms with E-state index in [-0.39, 0.29) is 36.2 Å². The van der Waals surface area contributed by atoms with Crippen molar-refractivity contribution < 1.29 is 18.0 Å². The minimum atomic E-state index is -3.00. The summed E-state index contributed by atoms with van der Waals surface area (Å²) in [6.07, 6.45) is 1.03. The number of carbonyl (C=O) groups excluding carboxylic acids is 2. The Morgan fingerprint density at radius 1 is 1.19 bits per heavy atom. The molecule has 0 bridgehead atoms. The van der Waals surface area contributed by atoms with Gasteiger partial charge in [-0.2, -0.15) is 5.10 Å². The summed E-state index contributed by atoms with van der Waals surface area (Å²) in [5.74, 6) is 0.0860. The molecule has 4 rings (SSSR count). The number of amides is 3. The third-order valence-corrected chi connectivity index (χ3v) is 7.98. The maximum absolute atomic E-state index is 12.8. The third-order valence-electron chi connectivity index (χ3n) is 6.23. The number of aromatic nitrogens is 2. The Kier molecular flexibility index (Phi) is 6.09. The van der Waals surface area contributed by atoms with E-state index in [9.17, 15) is 18.0 Å². The van der Waals surface area contributed by atoms with Gasteiger partial charge in [-0.1, -0.05) is 30.3 Å². The number of rotatable bonds is 7. The molecule has 3 amide bonds. The van der Waals surface area contributed by atoms with Gasteiger partial charge in [-0.15, -0.1) is 0 Å². The largest absolute Gasteiger partial charge is 0.325 e.